The molecule has 15 heavy (non-hydrogen) atoms. The summed E-state index contributed by atoms with van der Waals surface area (Å²) in [5.41, 5.74) is 0. The molecule has 0 radical (unpaired) electrons. The number of aliphatic hydroxyl groups is 1. The molecule has 0 bridgehead atoms. The number of nitrogens with zero attached hydrogens (tertiary/aromatic N) is 1. The predicted molar refractivity (Wildman–Crippen MR) is 57.5 cm³/mol. The fourth-order valence-corrected chi connectivity index (χ4v) is 1.65. The summed E-state index contributed by atoms with van der Waals surface area (Å²) in [6, 6.07) is 0. The smallest absolute Gasteiger partial charge is 0.251 e. The maximum absolute atomic E-state index is 11.8. The summed E-state index contributed by atoms with van der Waals surface area (Å²) in [6.45, 7) is 6.39. The molecule has 1 rings (SSSR count). The molecule has 1 saturated heterocycles. The molecular weight excluding hydrogens is 194 g/mol. The van der Waals surface area contributed by atoms with Crippen LogP contribution in [0.3, 0.4) is 0 Å². The van der Waals surface area contributed by atoms with E-state index in [0.717, 1.165) is 13.0 Å². The Labute approximate surface area is 91.2 Å². The van der Waals surface area contributed by atoms with E-state index in [1.54, 1.807) is 0 Å². The lowest BCUT2D eigenvalue weighted by molar-refractivity contribution is -0.154. The van der Waals surface area contributed by atoms with Crippen molar-refractivity contribution in [3.05, 3.63) is 0 Å². The lowest BCUT2D eigenvalue weighted by atomic mass is 10.1. The molecule has 1 aliphatic rings. The van der Waals surface area contributed by atoms with Crippen LogP contribution in [0.25, 0.3) is 0 Å². The van der Waals surface area contributed by atoms with E-state index in [9.17, 15) is 4.79 Å². The molecule has 1 atom stereocenters. The van der Waals surface area contributed by atoms with Crippen molar-refractivity contribution in [3.63, 3.8) is 0 Å². The Kier molecular flexibility index (Phi) is 5.05. The van der Waals surface area contributed by atoms with Crippen LogP contribution in [0.1, 0.15) is 26.7 Å². The van der Waals surface area contributed by atoms with Gasteiger partial charge in [-0.1, -0.05) is 13.8 Å². The van der Waals surface area contributed by atoms with Gasteiger partial charge >= 0.3 is 0 Å². The van der Waals surface area contributed by atoms with Crippen LogP contribution in [0.15, 0.2) is 0 Å². The number of carbonyl (C=O) groups is 1. The molecule has 1 unspecified atom stereocenters. The summed E-state index contributed by atoms with van der Waals surface area (Å²) in [4.78, 5) is 13.7. The van der Waals surface area contributed by atoms with Gasteiger partial charge in [-0.15, -0.1) is 0 Å². The molecule has 0 saturated carbocycles. The van der Waals surface area contributed by atoms with Gasteiger partial charge < -0.3 is 14.7 Å². The lowest BCUT2D eigenvalue weighted by Crippen LogP contribution is -2.48. The first-order valence-electron chi connectivity index (χ1n) is 5.66. The Morgan fingerprint density at radius 3 is 2.93 bits per heavy atom. The van der Waals surface area contributed by atoms with Gasteiger partial charge in [-0.25, -0.2) is 0 Å². The molecule has 4 nitrogen and oxygen atoms in total. The van der Waals surface area contributed by atoms with Crippen LogP contribution in [0, 0.1) is 5.92 Å². The van der Waals surface area contributed by atoms with Gasteiger partial charge in [0.15, 0.2) is 0 Å². The van der Waals surface area contributed by atoms with Crippen molar-refractivity contribution in [2.24, 2.45) is 5.92 Å². The number of ether oxygens (including phenoxy) is 1. The number of carbonyl (C=O) groups excluding carboxylic acids is 1. The van der Waals surface area contributed by atoms with E-state index in [2.05, 4.69) is 13.8 Å². The first-order chi connectivity index (χ1) is 7.15. The first kappa shape index (κ1) is 12.5. The van der Waals surface area contributed by atoms with Gasteiger partial charge in [0.25, 0.3) is 5.91 Å². The number of aliphatic hydroxyl groups excluding tert-OH is 1. The molecule has 0 aromatic rings. The molecule has 1 fully saturated rings. The summed E-state index contributed by atoms with van der Waals surface area (Å²) < 4.78 is 5.32. The fourth-order valence-electron chi connectivity index (χ4n) is 1.65. The zero-order valence-electron chi connectivity index (χ0n) is 9.61. The second-order valence-electron chi connectivity index (χ2n) is 4.38. The highest BCUT2D eigenvalue weighted by molar-refractivity contribution is 5.81. The van der Waals surface area contributed by atoms with E-state index in [0.29, 0.717) is 25.5 Å². The molecule has 1 amide bonds. The Bertz CT molecular complexity index is 204. The van der Waals surface area contributed by atoms with Crippen molar-refractivity contribution in [3.8, 4) is 0 Å². The molecule has 1 heterocycles. The second-order valence-corrected chi connectivity index (χ2v) is 4.38. The lowest BCUT2D eigenvalue weighted by Gasteiger charge is -2.32. The largest absolute Gasteiger partial charge is 0.396 e. The van der Waals surface area contributed by atoms with Crippen LogP contribution in [-0.4, -0.2) is 48.3 Å². The standard InChI is InChI=1S/C11H21NO3/c1-9(2)3-5-12-6-8-15-10(4-7-13)11(12)14/h9-10,13H,3-8H2,1-2H3. The van der Waals surface area contributed by atoms with Crippen LogP contribution in [0.2, 0.25) is 0 Å². The highest BCUT2D eigenvalue weighted by Gasteiger charge is 2.28. The molecule has 0 aliphatic carbocycles. The summed E-state index contributed by atoms with van der Waals surface area (Å²) in [5.74, 6) is 0.646. The molecule has 0 spiro atoms. The van der Waals surface area contributed by atoms with Crippen molar-refractivity contribution in [1.82, 2.24) is 4.90 Å². The zero-order valence-corrected chi connectivity index (χ0v) is 9.61. The maximum atomic E-state index is 11.8. The maximum Gasteiger partial charge on any atom is 0.251 e. The minimum atomic E-state index is -0.420. The van der Waals surface area contributed by atoms with Crippen LogP contribution in [-0.2, 0) is 9.53 Å². The minimum absolute atomic E-state index is 0.00836. The topological polar surface area (TPSA) is 49.8 Å². The van der Waals surface area contributed by atoms with E-state index in [4.69, 9.17) is 9.84 Å². The van der Waals surface area contributed by atoms with Gasteiger partial charge in [0.05, 0.1) is 6.61 Å². The molecule has 4 heteroatoms. The summed E-state index contributed by atoms with van der Waals surface area (Å²) >= 11 is 0. The summed E-state index contributed by atoms with van der Waals surface area (Å²) in [5, 5.41) is 8.79. The monoisotopic (exact) mass is 215 g/mol. The highest BCUT2D eigenvalue weighted by Crippen LogP contribution is 2.12. The minimum Gasteiger partial charge on any atom is -0.396 e. The van der Waals surface area contributed by atoms with Crippen molar-refractivity contribution in [1.29, 1.82) is 0 Å². The third-order valence-corrected chi connectivity index (χ3v) is 2.64. The number of hydrogen-bond donors (Lipinski definition) is 1. The average molecular weight is 215 g/mol. The molecule has 0 aromatic heterocycles. The molecule has 88 valence electrons. The predicted octanol–water partition coefficient (Wildman–Crippen LogP) is 0.642. The van der Waals surface area contributed by atoms with E-state index in [1.165, 1.54) is 0 Å². The number of morpholine rings is 1. The summed E-state index contributed by atoms with van der Waals surface area (Å²) in [6.07, 6.45) is 1.02. The summed E-state index contributed by atoms with van der Waals surface area (Å²) in [7, 11) is 0. The quantitative estimate of drug-likeness (QED) is 0.732. The van der Waals surface area contributed by atoms with Crippen LogP contribution in [0.5, 0.6) is 0 Å². The van der Waals surface area contributed by atoms with Crippen LogP contribution < -0.4 is 0 Å². The van der Waals surface area contributed by atoms with Crippen molar-refractivity contribution >= 4 is 5.91 Å². The third-order valence-electron chi connectivity index (χ3n) is 2.64. The first-order valence-corrected chi connectivity index (χ1v) is 5.66. The van der Waals surface area contributed by atoms with Gasteiger partial charge in [0.2, 0.25) is 0 Å². The molecular formula is C11H21NO3. The second kappa shape index (κ2) is 6.08. The van der Waals surface area contributed by atoms with Crippen molar-refractivity contribution < 1.29 is 14.6 Å². The van der Waals surface area contributed by atoms with E-state index in [-0.39, 0.29) is 12.5 Å². The number of hydrogen-bond acceptors (Lipinski definition) is 3. The molecule has 1 N–H and O–H groups in total. The normalized spacial score (nSPS) is 22.5. The van der Waals surface area contributed by atoms with Gasteiger partial charge in [-0.05, 0) is 12.3 Å². The van der Waals surface area contributed by atoms with Crippen LogP contribution in [0.4, 0.5) is 0 Å². The Balaban J connectivity index is 2.40. The van der Waals surface area contributed by atoms with Crippen LogP contribution >= 0.6 is 0 Å². The van der Waals surface area contributed by atoms with E-state index >= 15 is 0 Å². The Morgan fingerprint density at radius 1 is 1.60 bits per heavy atom. The van der Waals surface area contributed by atoms with E-state index in [1.807, 2.05) is 4.90 Å². The SMILES string of the molecule is CC(C)CCN1CCOC(CCO)C1=O. The molecule has 1 aliphatic heterocycles. The van der Waals surface area contributed by atoms with Gasteiger partial charge in [-0.3, -0.25) is 4.79 Å². The Hall–Kier alpha value is -0.610. The highest BCUT2D eigenvalue weighted by atomic mass is 16.5. The molecule has 0 aromatic carbocycles. The fraction of sp³-hybridized carbons (Fsp3) is 0.909. The van der Waals surface area contributed by atoms with Gasteiger partial charge in [0.1, 0.15) is 6.10 Å². The van der Waals surface area contributed by atoms with E-state index < -0.39 is 6.10 Å². The average Bonchev–Trinajstić information content (AvgIpc) is 2.19. The third kappa shape index (κ3) is 3.80. The van der Waals surface area contributed by atoms with Gasteiger partial charge in [-0.2, -0.15) is 0 Å². The van der Waals surface area contributed by atoms with Gasteiger partial charge in [0, 0.05) is 26.1 Å². The van der Waals surface area contributed by atoms with Crippen molar-refractivity contribution in [2.75, 3.05) is 26.3 Å². The number of amides is 1. The van der Waals surface area contributed by atoms with Crippen molar-refractivity contribution in [2.45, 2.75) is 32.8 Å². The Morgan fingerprint density at radius 2 is 2.33 bits per heavy atom. The number of rotatable bonds is 5. The zero-order chi connectivity index (χ0) is 11.3.